The molecule has 0 N–H and O–H groups in total. The van der Waals surface area contributed by atoms with E-state index in [1.54, 1.807) is 11.0 Å². The predicted molar refractivity (Wildman–Crippen MR) is 121 cm³/mol. The van der Waals surface area contributed by atoms with Gasteiger partial charge in [0, 0.05) is 31.9 Å². The van der Waals surface area contributed by atoms with E-state index in [-0.39, 0.29) is 11.7 Å². The lowest BCUT2D eigenvalue weighted by molar-refractivity contribution is -0.137. The van der Waals surface area contributed by atoms with Crippen molar-refractivity contribution in [1.29, 1.82) is 0 Å². The summed E-state index contributed by atoms with van der Waals surface area (Å²) >= 11 is 1.22. The molecule has 1 saturated heterocycles. The van der Waals surface area contributed by atoms with E-state index >= 15 is 0 Å². The standard InChI is InChI=1S/C22H23F3N6O2S/c1-2-33-19-9-4-3-8-18(19)31-21(26-27-28-31)34-15-20(32)30-12-10-29(11-13-30)17-7-5-6-16(14-17)22(23,24)25/h3-9,14H,2,10-13,15H2,1H3. The Hall–Kier alpha value is -3.28. The summed E-state index contributed by atoms with van der Waals surface area (Å²) in [5, 5.41) is 12.3. The maximum absolute atomic E-state index is 13.0. The van der Waals surface area contributed by atoms with Gasteiger partial charge in [0.25, 0.3) is 0 Å². The molecule has 1 aromatic heterocycles. The van der Waals surface area contributed by atoms with E-state index in [1.807, 2.05) is 36.1 Å². The number of alkyl halides is 3. The number of hydrogen-bond donors (Lipinski definition) is 0. The van der Waals surface area contributed by atoms with Crippen LogP contribution in [0.25, 0.3) is 5.69 Å². The fraction of sp³-hybridized carbons (Fsp3) is 0.364. The molecule has 2 aromatic carbocycles. The van der Waals surface area contributed by atoms with E-state index in [4.69, 9.17) is 4.74 Å². The van der Waals surface area contributed by atoms with Gasteiger partial charge in [-0.15, -0.1) is 5.10 Å². The Morgan fingerprint density at radius 3 is 2.59 bits per heavy atom. The van der Waals surface area contributed by atoms with Gasteiger partial charge < -0.3 is 14.5 Å². The van der Waals surface area contributed by atoms with Gasteiger partial charge in [-0.2, -0.15) is 17.9 Å². The van der Waals surface area contributed by atoms with Crippen molar-refractivity contribution in [2.75, 3.05) is 43.4 Å². The van der Waals surface area contributed by atoms with Crippen LogP contribution in [0.1, 0.15) is 12.5 Å². The summed E-state index contributed by atoms with van der Waals surface area (Å²) < 4.78 is 46.2. The average molecular weight is 493 g/mol. The molecule has 0 radical (unpaired) electrons. The Kier molecular flexibility index (Phi) is 7.25. The monoisotopic (exact) mass is 492 g/mol. The topological polar surface area (TPSA) is 76.4 Å². The quantitative estimate of drug-likeness (QED) is 0.467. The first-order valence-corrected chi connectivity index (χ1v) is 11.7. The molecule has 4 rings (SSSR count). The minimum absolute atomic E-state index is 0.0821. The largest absolute Gasteiger partial charge is 0.492 e. The second-order valence-corrected chi connectivity index (χ2v) is 8.42. The number of para-hydroxylation sites is 2. The number of anilines is 1. The van der Waals surface area contributed by atoms with Crippen LogP contribution in [0.3, 0.4) is 0 Å². The molecular formula is C22H23F3N6O2S. The van der Waals surface area contributed by atoms with Crippen LogP contribution in [0.5, 0.6) is 5.75 Å². The summed E-state index contributed by atoms with van der Waals surface area (Å²) in [6.07, 6.45) is -4.39. The average Bonchev–Trinajstić information content (AvgIpc) is 3.31. The van der Waals surface area contributed by atoms with Crippen LogP contribution in [0, 0.1) is 0 Å². The van der Waals surface area contributed by atoms with E-state index in [9.17, 15) is 18.0 Å². The summed E-state index contributed by atoms with van der Waals surface area (Å²) in [6, 6.07) is 12.6. The number of tetrazole rings is 1. The molecule has 1 aliphatic rings. The van der Waals surface area contributed by atoms with Crippen LogP contribution in [-0.2, 0) is 11.0 Å². The predicted octanol–water partition coefficient (Wildman–Crippen LogP) is 3.52. The highest BCUT2D eigenvalue weighted by Gasteiger charge is 2.31. The Bertz CT molecular complexity index is 1130. The van der Waals surface area contributed by atoms with E-state index < -0.39 is 11.7 Å². The van der Waals surface area contributed by atoms with Crippen molar-refractivity contribution in [2.45, 2.75) is 18.3 Å². The number of ether oxygens (including phenoxy) is 1. The highest BCUT2D eigenvalue weighted by molar-refractivity contribution is 7.99. The van der Waals surface area contributed by atoms with Gasteiger partial charge in [0.05, 0.1) is 17.9 Å². The van der Waals surface area contributed by atoms with Crippen LogP contribution in [0.2, 0.25) is 0 Å². The van der Waals surface area contributed by atoms with E-state index in [1.165, 1.54) is 22.5 Å². The number of carbonyl (C=O) groups excluding carboxylic acids is 1. The molecule has 12 heteroatoms. The number of carbonyl (C=O) groups is 1. The molecule has 0 atom stereocenters. The third-order valence-corrected chi connectivity index (χ3v) is 6.23. The number of thioether (sulfide) groups is 1. The Balaban J connectivity index is 1.35. The van der Waals surface area contributed by atoms with Gasteiger partial charge in [-0.05, 0) is 47.7 Å². The zero-order valence-electron chi connectivity index (χ0n) is 18.4. The van der Waals surface area contributed by atoms with Crippen molar-refractivity contribution in [1.82, 2.24) is 25.1 Å². The zero-order valence-corrected chi connectivity index (χ0v) is 19.2. The van der Waals surface area contributed by atoms with Crippen molar-refractivity contribution in [2.24, 2.45) is 0 Å². The number of piperazine rings is 1. The second kappa shape index (κ2) is 10.3. The van der Waals surface area contributed by atoms with Crippen molar-refractivity contribution >= 4 is 23.4 Å². The number of amides is 1. The fourth-order valence-corrected chi connectivity index (χ4v) is 4.43. The van der Waals surface area contributed by atoms with Crippen LogP contribution < -0.4 is 9.64 Å². The van der Waals surface area contributed by atoms with Gasteiger partial charge >= 0.3 is 6.18 Å². The number of aromatic nitrogens is 4. The summed E-state index contributed by atoms with van der Waals surface area (Å²) in [5.41, 5.74) is 0.506. The van der Waals surface area contributed by atoms with Gasteiger partial charge in [0.15, 0.2) is 0 Å². The van der Waals surface area contributed by atoms with Crippen molar-refractivity contribution < 1.29 is 22.7 Å². The molecule has 1 amide bonds. The summed E-state index contributed by atoms with van der Waals surface area (Å²) in [7, 11) is 0. The molecule has 0 spiro atoms. The minimum atomic E-state index is -4.39. The molecule has 0 unspecified atom stereocenters. The van der Waals surface area contributed by atoms with Crippen LogP contribution >= 0.6 is 11.8 Å². The van der Waals surface area contributed by atoms with E-state index in [2.05, 4.69) is 15.5 Å². The Labute approximate surface area is 198 Å². The molecule has 34 heavy (non-hydrogen) atoms. The third kappa shape index (κ3) is 5.44. The molecule has 2 heterocycles. The minimum Gasteiger partial charge on any atom is -0.492 e. The zero-order chi connectivity index (χ0) is 24.1. The summed E-state index contributed by atoms with van der Waals surface area (Å²) in [4.78, 5) is 16.3. The van der Waals surface area contributed by atoms with Gasteiger partial charge in [0.2, 0.25) is 11.1 Å². The van der Waals surface area contributed by atoms with Gasteiger partial charge in [-0.3, -0.25) is 4.79 Å². The Morgan fingerprint density at radius 1 is 1.09 bits per heavy atom. The first-order valence-electron chi connectivity index (χ1n) is 10.7. The molecule has 0 saturated carbocycles. The molecule has 8 nitrogen and oxygen atoms in total. The molecule has 1 fully saturated rings. The molecule has 1 aliphatic heterocycles. The lowest BCUT2D eigenvalue weighted by Crippen LogP contribution is -2.49. The summed E-state index contributed by atoms with van der Waals surface area (Å²) in [5.74, 6) is 0.693. The van der Waals surface area contributed by atoms with Crippen molar-refractivity contribution in [3.63, 3.8) is 0 Å². The number of halogens is 3. The van der Waals surface area contributed by atoms with Gasteiger partial charge in [-0.1, -0.05) is 30.0 Å². The van der Waals surface area contributed by atoms with Crippen molar-refractivity contribution in [3.8, 4) is 11.4 Å². The molecule has 3 aromatic rings. The molecule has 0 aliphatic carbocycles. The van der Waals surface area contributed by atoms with E-state index in [0.717, 1.165) is 12.1 Å². The fourth-order valence-electron chi connectivity index (χ4n) is 3.64. The normalized spacial score (nSPS) is 14.4. The lowest BCUT2D eigenvalue weighted by atomic mass is 10.1. The second-order valence-electron chi connectivity index (χ2n) is 7.48. The van der Waals surface area contributed by atoms with Crippen LogP contribution in [-0.4, -0.2) is 69.6 Å². The maximum Gasteiger partial charge on any atom is 0.416 e. The first-order chi connectivity index (χ1) is 16.4. The lowest BCUT2D eigenvalue weighted by Gasteiger charge is -2.36. The van der Waals surface area contributed by atoms with Crippen molar-refractivity contribution in [3.05, 3.63) is 54.1 Å². The van der Waals surface area contributed by atoms with Crippen LogP contribution in [0.4, 0.5) is 18.9 Å². The van der Waals surface area contributed by atoms with E-state index in [0.29, 0.717) is 55.1 Å². The molecule has 0 bridgehead atoms. The number of hydrogen-bond acceptors (Lipinski definition) is 7. The third-order valence-electron chi connectivity index (χ3n) is 5.33. The smallest absolute Gasteiger partial charge is 0.416 e. The van der Waals surface area contributed by atoms with Gasteiger partial charge in [0.1, 0.15) is 11.4 Å². The maximum atomic E-state index is 13.0. The Morgan fingerprint density at radius 2 is 1.85 bits per heavy atom. The highest BCUT2D eigenvalue weighted by atomic mass is 32.2. The highest BCUT2D eigenvalue weighted by Crippen LogP contribution is 2.32. The number of benzene rings is 2. The van der Waals surface area contributed by atoms with Gasteiger partial charge in [-0.25, -0.2) is 0 Å². The molecule has 180 valence electrons. The first kappa shape index (κ1) is 23.9. The summed E-state index contributed by atoms with van der Waals surface area (Å²) in [6.45, 7) is 4.14. The number of rotatable bonds is 7. The SMILES string of the molecule is CCOc1ccccc1-n1nnnc1SCC(=O)N1CCN(c2cccc(C(F)(F)F)c2)CC1. The molecular weight excluding hydrogens is 469 g/mol. The number of nitrogens with zero attached hydrogens (tertiary/aromatic N) is 6. The van der Waals surface area contributed by atoms with Crippen LogP contribution in [0.15, 0.2) is 53.7 Å².